The van der Waals surface area contributed by atoms with Gasteiger partial charge in [0.1, 0.15) is 11.4 Å². The number of nitrogens with zero attached hydrogens (tertiary/aromatic N) is 2. The van der Waals surface area contributed by atoms with Crippen LogP contribution in [0.3, 0.4) is 0 Å². The first-order valence-electron chi connectivity index (χ1n) is 11.3. The normalized spacial score (nSPS) is 15.2. The van der Waals surface area contributed by atoms with E-state index in [1.54, 1.807) is 12.1 Å². The van der Waals surface area contributed by atoms with Gasteiger partial charge < -0.3 is 4.57 Å². The van der Waals surface area contributed by atoms with Crippen molar-refractivity contribution in [1.29, 1.82) is 0 Å². The summed E-state index contributed by atoms with van der Waals surface area (Å²) >= 11 is 5.34. The molecule has 1 N–H and O–H groups in total. The fourth-order valence-electron chi connectivity index (χ4n) is 4.35. The number of anilines is 1. The summed E-state index contributed by atoms with van der Waals surface area (Å²) in [4.78, 5) is 27.5. The molecule has 4 aromatic rings. The number of benzene rings is 3. The Morgan fingerprint density at radius 1 is 1.00 bits per heavy atom. The van der Waals surface area contributed by atoms with E-state index in [1.165, 1.54) is 17.0 Å². The van der Waals surface area contributed by atoms with Crippen molar-refractivity contribution >= 4 is 51.8 Å². The van der Waals surface area contributed by atoms with Crippen LogP contribution < -0.4 is 10.2 Å². The Labute approximate surface area is 207 Å². The summed E-state index contributed by atoms with van der Waals surface area (Å²) in [5.41, 5.74) is 4.19. The van der Waals surface area contributed by atoms with Crippen LogP contribution in [0, 0.1) is 5.82 Å². The quantitative estimate of drug-likeness (QED) is 0.241. The van der Waals surface area contributed by atoms with Crippen molar-refractivity contribution in [3.63, 3.8) is 0 Å². The van der Waals surface area contributed by atoms with Crippen molar-refractivity contribution in [1.82, 2.24) is 9.88 Å². The van der Waals surface area contributed by atoms with Gasteiger partial charge in [0, 0.05) is 23.6 Å². The fraction of sp³-hybridized carbons (Fsp3) is 0.107. The van der Waals surface area contributed by atoms with Crippen LogP contribution in [0.4, 0.5) is 10.1 Å². The van der Waals surface area contributed by atoms with Crippen LogP contribution in [0.25, 0.3) is 17.0 Å². The number of hydrogen-bond donors (Lipinski definition) is 1. The lowest BCUT2D eigenvalue weighted by Gasteiger charge is -2.30. The van der Waals surface area contributed by atoms with Crippen molar-refractivity contribution in [3.05, 3.63) is 107 Å². The molecule has 1 fully saturated rings. The molecule has 2 amide bonds. The Bertz CT molecular complexity index is 1520. The second-order valence-electron chi connectivity index (χ2n) is 8.33. The Morgan fingerprint density at radius 3 is 2.63 bits per heavy atom. The van der Waals surface area contributed by atoms with E-state index in [-0.39, 0.29) is 16.5 Å². The zero-order chi connectivity index (χ0) is 24.5. The summed E-state index contributed by atoms with van der Waals surface area (Å²) in [7, 11) is 0. The number of hydrogen-bond acceptors (Lipinski definition) is 3. The van der Waals surface area contributed by atoms with E-state index in [4.69, 9.17) is 12.2 Å². The molecular weight excluding hydrogens is 461 g/mol. The van der Waals surface area contributed by atoms with Gasteiger partial charge >= 0.3 is 0 Å². The van der Waals surface area contributed by atoms with E-state index < -0.39 is 11.8 Å². The van der Waals surface area contributed by atoms with Crippen LogP contribution in [0.2, 0.25) is 0 Å². The maximum atomic E-state index is 13.6. The number of fused-ring (bicyclic) bond motifs is 1. The number of carbonyl (C=O) groups excluding carboxylic acids is 2. The fourth-order valence-corrected chi connectivity index (χ4v) is 4.62. The first-order chi connectivity index (χ1) is 16.9. The topological polar surface area (TPSA) is 54.3 Å². The number of para-hydroxylation sites is 1. The largest absolute Gasteiger partial charge is 0.343 e. The molecule has 0 unspecified atom stereocenters. The molecule has 0 aliphatic carbocycles. The monoisotopic (exact) mass is 483 g/mol. The molecule has 2 heterocycles. The Kier molecular flexibility index (Phi) is 6.01. The van der Waals surface area contributed by atoms with Gasteiger partial charge in [0.05, 0.1) is 5.69 Å². The predicted octanol–water partition coefficient (Wildman–Crippen LogP) is 5.22. The summed E-state index contributed by atoms with van der Waals surface area (Å²) < 4.78 is 15.6. The van der Waals surface area contributed by atoms with E-state index in [0.29, 0.717) is 12.2 Å². The van der Waals surface area contributed by atoms with Gasteiger partial charge in [-0.1, -0.05) is 43.3 Å². The van der Waals surface area contributed by atoms with Crippen molar-refractivity contribution in [2.75, 3.05) is 4.90 Å². The second-order valence-corrected chi connectivity index (χ2v) is 8.72. The van der Waals surface area contributed by atoms with Crippen molar-refractivity contribution in [2.24, 2.45) is 0 Å². The molecule has 0 spiro atoms. The highest BCUT2D eigenvalue weighted by atomic mass is 32.1. The van der Waals surface area contributed by atoms with E-state index in [0.717, 1.165) is 34.0 Å². The molecule has 1 aromatic heterocycles. The average molecular weight is 484 g/mol. The highest BCUT2D eigenvalue weighted by Gasteiger charge is 2.35. The number of rotatable bonds is 5. The molecule has 0 radical (unpaired) electrons. The van der Waals surface area contributed by atoms with Gasteiger partial charge in [0.2, 0.25) is 0 Å². The first-order valence-corrected chi connectivity index (χ1v) is 11.7. The standard InChI is InChI=1S/C28H22FN3O2S/c1-2-20-7-3-4-9-25(20)32-27(34)23(26(33)30-28(32)35)16-18-10-11-24-21(14-18)12-13-31(24)17-19-6-5-8-22(29)15-19/h3-16H,2,17H2,1H3,(H,30,33,35)/b23-16-. The van der Waals surface area contributed by atoms with Gasteiger partial charge in [-0.3, -0.25) is 19.8 Å². The number of aryl methyl sites for hydroxylation is 1. The molecule has 5 nitrogen and oxygen atoms in total. The average Bonchev–Trinajstić information content (AvgIpc) is 3.24. The zero-order valence-corrected chi connectivity index (χ0v) is 19.8. The molecule has 174 valence electrons. The molecule has 1 aliphatic heterocycles. The molecule has 0 saturated carbocycles. The van der Waals surface area contributed by atoms with Gasteiger partial charge in [-0.2, -0.15) is 0 Å². The van der Waals surface area contributed by atoms with Gasteiger partial charge in [-0.25, -0.2) is 4.39 Å². The summed E-state index contributed by atoms with van der Waals surface area (Å²) in [5, 5.41) is 3.67. The first kappa shape index (κ1) is 22.7. The molecule has 1 saturated heterocycles. The third kappa shape index (κ3) is 4.38. The number of amides is 2. The number of thiocarbonyl (C=S) groups is 1. The third-order valence-electron chi connectivity index (χ3n) is 6.06. The molecule has 0 atom stereocenters. The van der Waals surface area contributed by atoms with Crippen LogP contribution in [0.1, 0.15) is 23.6 Å². The summed E-state index contributed by atoms with van der Waals surface area (Å²) in [5.74, 6) is -1.24. The highest BCUT2D eigenvalue weighted by molar-refractivity contribution is 7.80. The number of carbonyl (C=O) groups is 2. The van der Waals surface area contributed by atoms with Gasteiger partial charge in [-0.05, 0) is 77.8 Å². The number of halogens is 1. The SMILES string of the molecule is CCc1ccccc1N1C(=O)/C(=C\c2ccc3c(ccn3Cc3cccc(F)c3)c2)C(=O)NC1=S. The van der Waals surface area contributed by atoms with Crippen molar-refractivity contribution < 1.29 is 14.0 Å². The lowest BCUT2D eigenvalue weighted by molar-refractivity contribution is -0.122. The van der Waals surface area contributed by atoms with E-state index in [9.17, 15) is 14.0 Å². The summed E-state index contributed by atoms with van der Waals surface area (Å²) in [6, 6.07) is 21.7. The van der Waals surface area contributed by atoms with Gasteiger partial charge in [0.25, 0.3) is 11.8 Å². The van der Waals surface area contributed by atoms with Crippen LogP contribution in [-0.2, 0) is 22.6 Å². The summed E-state index contributed by atoms with van der Waals surface area (Å²) in [6.45, 7) is 2.53. The van der Waals surface area contributed by atoms with Gasteiger partial charge in [0.15, 0.2) is 5.11 Å². The second kappa shape index (κ2) is 9.27. The Hall–Kier alpha value is -4.10. The lowest BCUT2D eigenvalue weighted by Crippen LogP contribution is -2.54. The van der Waals surface area contributed by atoms with Crippen molar-refractivity contribution in [3.8, 4) is 0 Å². The molecule has 1 aliphatic rings. The van der Waals surface area contributed by atoms with Crippen LogP contribution in [0.5, 0.6) is 0 Å². The lowest BCUT2D eigenvalue weighted by atomic mass is 10.0. The smallest absolute Gasteiger partial charge is 0.270 e. The Morgan fingerprint density at radius 2 is 1.83 bits per heavy atom. The molecular formula is C28H22FN3O2S. The predicted molar refractivity (Wildman–Crippen MR) is 139 cm³/mol. The minimum atomic E-state index is -0.519. The van der Waals surface area contributed by atoms with E-state index in [2.05, 4.69) is 5.32 Å². The number of aromatic nitrogens is 1. The maximum absolute atomic E-state index is 13.6. The molecule has 7 heteroatoms. The minimum absolute atomic E-state index is 0.0167. The van der Waals surface area contributed by atoms with Crippen LogP contribution in [0.15, 0.2) is 84.6 Å². The van der Waals surface area contributed by atoms with Crippen LogP contribution in [-0.4, -0.2) is 21.5 Å². The molecule has 0 bridgehead atoms. The minimum Gasteiger partial charge on any atom is -0.343 e. The Balaban J connectivity index is 1.47. The maximum Gasteiger partial charge on any atom is 0.270 e. The third-order valence-corrected chi connectivity index (χ3v) is 6.35. The molecule has 3 aromatic carbocycles. The van der Waals surface area contributed by atoms with E-state index >= 15 is 0 Å². The molecule has 5 rings (SSSR count). The highest BCUT2D eigenvalue weighted by Crippen LogP contribution is 2.27. The van der Waals surface area contributed by atoms with Gasteiger partial charge in [-0.15, -0.1) is 0 Å². The van der Waals surface area contributed by atoms with E-state index in [1.807, 2.05) is 72.3 Å². The zero-order valence-electron chi connectivity index (χ0n) is 19.0. The van der Waals surface area contributed by atoms with Crippen molar-refractivity contribution in [2.45, 2.75) is 19.9 Å². The molecule has 35 heavy (non-hydrogen) atoms. The summed E-state index contributed by atoms with van der Waals surface area (Å²) in [6.07, 6.45) is 4.25. The number of nitrogens with one attached hydrogen (secondary N) is 1. The van der Waals surface area contributed by atoms with Crippen LogP contribution >= 0.6 is 12.2 Å².